The standard InChI is InChI=1S/C27H31NO2/c1-5-22-9-6-7-10-24(22)11-8-20-28(25-14-18-27(30-4)19-15-25)21(2)23-12-16-26(29-3)17-13-23/h6-19,21H,5,20H2,1-4H3. The molecule has 30 heavy (non-hydrogen) atoms. The van der Waals surface area contributed by atoms with Crippen molar-refractivity contribution in [2.24, 2.45) is 0 Å². The van der Waals surface area contributed by atoms with Crippen LogP contribution in [0.5, 0.6) is 11.5 Å². The molecule has 1 unspecified atom stereocenters. The molecule has 0 spiro atoms. The van der Waals surface area contributed by atoms with Gasteiger partial charge in [-0.3, -0.25) is 0 Å². The highest BCUT2D eigenvalue weighted by atomic mass is 16.5. The van der Waals surface area contributed by atoms with E-state index in [1.807, 2.05) is 24.3 Å². The molecular weight excluding hydrogens is 370 g/mol. The summed E-state index contributed by atoms with van der Waals surface area (Å²) in [7, 11) is 3.39. The number of hydrogen-bond acceptors (Lipinski definition) is 3. The van der Waals surface area contributed by atoms with Gasteiger partial charge in [0.1, 0.15) is 11.5 Å². The maximum Gasteiger partial charge on any atom is 0.119 e. The van der Waals surface area contributed by atoms with E-state index in [-0.39, 0.29) is 6.04 Å². The predicted octanol–water partition coefficient (Wildman–Crippen LogP) is 6.55. The van der Waals surface area contributed by atoms with E-state index in [0.29, 0.717) is 0 Å². The molecule has 0 aromatic heterocycles. The number of aryl methyl sites for hydroxylation is 1. The van der Waals surface area contributed by atoms with Crippen LogP contribution in [0, 0.1) is 0 Å². The minimum Gasteiger partial charge on any atom is -0.497 e. The van der Waals surface area contributed by atoms with Crippen LogP contribution in [0.1, 0.15) is 36.6 Å². The lowest BCUT2D eigenvalue weighted by molar-refractivity contribution is 0.414. The van der Waals surface area contributed by atoms with Crippen LogP contribution < -0.4 is 14.4 Å². The first kappa shape index (κ1) is 21.5. The summed E-state index contributed by atoms with van der Waals surface area (Å²) in [6.45, 7) is 5.24. The van der Waals surface area contributed by atoms with Gasteiger partial charge in [-0.1, -0.05) is 55.5 Å². The largest absolute Gasteiger partial charge is 0.497 e. The Morgan fingerprint density at radius 2 is 1.43 bits per heavy atom. The third-order valence-corrected chi connectivity index (χ3v) is 5.51. The minimum absolute atomic E-state index is 0.204. The lowest BCUT2D eigenvalue weighted by atomic mass is 10.0. The van der Waals surface area contributed by atoms with E-state index in [9.17, 15) is 0 Å². The fourth-order valence-electron chi connectivity index (χ4n) is 3.64. The van der Waals surface area contributed by atoms with Gasteiger partial charge in [0.25, 0.3) is 0 Å². The van der Waals surface area contributed by atoms with Crippen molar-refractivity contribution in [3.05, 3.63) is 95.6 Å². The van der Waals surface area contributed by atoms with Crippen LogP contribution >= 0.6 is 0 Å². The van der Waals surface area contributed by atoms with Gasteiger partial charge in [0.2, 0.25) is 0 Å². The minimum atomic E-state index is 0.204. The number of methoxy groups -OCH3 is 2. The molecule has 3 heteroatoms. The van der Waals surface area contributed by atoms with Crippen molar-refractivity contribution in [2.45, 2.75) is 26.3 Å². The SMILES string of the molecule is CCc1ccccc1C=CCN(c1ccc(OC)cc1)C(C)c1ccc(OC)cc1. The van der Waals surface area contributed by atoms with E-state index in [1.165, 1.54) is 16.7 Å². The van der Waals surface area contributed by atoms with Gasteiger partial charge in [0, 0.05) is 12.2 Å². The second kappa shape index (κ2) is 10.5. The van der Waals surface area contributed by atoms with E-state index in [4.69, 9.17) is 9.47 Å². The molecule has 0 saturated heterocycles. The summed E-state index contributed by atoms with van der Waals surface area (Å²) in [5.74, 6) is 1.74. The second-order valence-electron chi connectivity index (χ2n) is 7.25. The predicted molar refractivity (Wildman–Crippen MR) is 127 cm³/mol. The van der Waals surface area contributed by atoms with Crippen LogP contribution in [-0.4, -0.2) is 20.8 Å². The van der Waals surface area contributed by atoms with Crippen molar-refractivity contribution in [2.75, 3.05) is 25.7 Å². The molecule has 3 rings (SSSR count). The molecule has 0 bridgehead atoms. The molecule has 1 atom stereocenters. The van der Waals surface area contributed by atoms with Gasteiger partial charge < -0.3 is 14.4 Å². The Morgan fingerprint density at radius 3 is 2.03 bits per heavy atom. The fourth-order valence-corrected chi connectivity index (χ4v) is 3.64. The van der Waals surface area contributed by atoms with Crippen LogP contribution in [0.2, 0.25) is 0 Å². The van der Waals surface area contributed by atoms with E-state index >= 15 is 0 Å². The molecule has 0 amide bonds. The summed E-state index contributed by atoms with van der Waals surface area (Å²) in [4.78, 5) is 2.40. The molecular formula is C27H31NO2. The molecule has 0 aliphatic carbocycles. The van der Waals surface area contributed by atoms with E-state index in [0.717, 1.165) is 30.2 Å². The molecule has 0 fully saturated rings. The molecule has 0 saturated carbocycles. The maximum atomic E-state index is 5.34. The smallest absolute Gasteiger partial charge is 0.119 e. The fraction of sp³-hybridized carbons (Fsp3) is 0.259. The molecule has 0 aliphatic heterocycles. The van der Waals surface area contributed by atoms with Gasteiger partial charge in [-0.2, -0.15) is 0 Å². The number of rotatable bonds is 9. The third kappa shape index (κ3) is 5.24. The van der Waals surface area contributed by atoms with Crippen molar-refractivity contribution < 1.29 is 9.47 Å². The van der Waals surface area contributed by atoms with E-state index in [2.05, 4.69) is 79.4 Å². The monoisotopic (exact) mass is 401 g/mol. The van der Waals surface area contributed by atoms with E-state index in [1.54, 1.807) is 14.2 Å². The van der Waals surface area contributed by atoms with Gasteiger partial charge in [0.05, 0.1) is 20.3 Å². The molecule has 156 valence electrons. The summed E-state index contributed by atoms with van der Waals surface area (Å²) < 4.78 is 10.7. The molecule has 3 aromatic rings. The zero-order valence-corrected chi connectivity index (χ0v) is 18.3. The summed E-state index contributed by atoms with van der Waals surface area (Å²) >= 11 is 0. The normalized spacial score (nSPS) is 12.0. The van der Waals surface area contributed by atoms with Crippen LogP contribution in [0.4, 0.5) is 5.69 Å². The summed E-state index contributed by atoms with van der Waals surface area (Å²) in [6, 6.07) is 25.4. The molecule has 0 N–H and O–H groups in total. The number of anilines is 1. The highest BCUT2D eigenvalue weighted by Crippen LogP contribution is 2.29. The number of benzene rings is 3. The Hall–Kier alpha value is -3.20. The quantitative estimate of drug-likeness (QED) is 0.406. The molecule has 3 aromatic carbocycles. The van der Waals surface area contributed by atoms with Crippen molar-refractivity contribution in [1.29, 1.82) is 0 Å². The van der Waals surface area contributed by atoms with E-state index < -0.39 is 0 Å². The number of hydrogen-bond donors (Lipinski definition) is 0. The van der Waals surface area contributed by atoms with Crippen LogP contribution in [0.15, 0.2) is 78.9 Å². The van der Waals surface area contributed by atoms with Crippen LogP contribution in [-0.2, 0) is 6.42 Å². The first-order valence-electron chi connectivity index (χ1n) is 10.4. The Labute approximate surface area is 180 Å². The first-order chi connectivity index (χ1) is 14.7. The Bertz CT molecular complexity index is 945. The van der Waals surface area contributed by atoms with Crippen molar-refractivity contribution in [1.82, 2.24) is 0 Å². The summed E-state index contributed by atoms with van der Waals surface area (Å²) in [5, 5.41) is 0. The Morgan fingerprint density at radius 1 is 0.833 bits per heavy atom. The average molecular weight is 402 g/mol. The lowest BCUT2D eigenvalue weighted by Crippen LogP contribution is -2.27. The Kier molecular flexibility index (Phi) is 7.56. The maximum absolute atomic E-state index is 5.34. The Balaban J connectivity index is 1.87. The number of ether oxygens (including phenoxy) is 2. The van der Waals surface area contributed by atoms with Gasteiger partial charge in [0.15, 0.2) is 0 Å². The van der Waals surface area contributed by atoms with Crippen molar-refractivity contribution in [3.63, 3.8) is 0 Å². The highest BCUT2D eigenvalue weighted by molar-refractivity contribution is 5.57. The first-order valence-corrected chi connectivity index (χ1v) is 10.4. The van der Waals surface area contributed by atoms with Crippen LogP contribution in [0.3, 0.4) is 0 Å². The lowest BCUT2D eigenvalue weighted by Gasteiger charge is -2.31. The summed E-state index contributed by atoms with van der Waals surface area (Å²) in [6.07, 6.45) is 5.51. The average Bonchev–Trinajstić information content (AvgIpc) is 2.82. The molecule has 0 radical (unpaired) electrons. The molecule has 0 heterocycles. The molecule has 3 nitrogen and oxygen atoms in total. The van der Waals surface area contributed by atoms with Gasteiger partial charge in [-0.05, 0) is 66.4 Å². The number of nitrogens with zero attached hydrogens (tertiary/aromatic N) is 1. The van der Waals surface area contributed by atoms with Crippen molar-refractivity contribution >= 4 is 11.8 Å². The zero-order valence-electron chi connectivity index (χ0n) is 18.3. The third-order valence-electron chi connectivity index (χ3n) is 5.51. The zero-order chi connectivity index (χ0) is 21.3. The second-order valence-corrected chi connectivity index (χ2v) is 7.25. The van der Waals surface area contributed by atoms with Crippen LogP contribution in [0.25, 0.3) is 6.08 Å². The molecule has 0 aliphatic rings. The van der Waals surface area contributed by atoms with Gasteiger partial charge >= 0.3 is 0 Å². The summed E-state index contributed by atoms with van der Waals surface area (Å²) in [5.41, 5.74) is 5.06. The highest BCUT2D eigenvalue weighted by Gasteiger charge is 2.16. The van der Waals surface area contributed by atoms with Crippen molar-refractivity contribution in [3.8, 4) is 11.5 Å². The topological polar surface area (TPSA) is 21.7 Å². The van der Waals surface area contributed by atoms with Gasteiger partial charge in [-0.15, -0.1) is 0 Å². The van der Waals surface area contributed by atoms with Gasteiger partial charge in [-0.25, -0.2) is 0 Å².